The molecule has 1 saturated heterocycles. The first-order valence-corrected chi connectivity index (χ1v) is 8.44. The van der Waals surface area contributed by atoms with Crippen molar-refractivity contribution in [2.75, 3.05) is 20.3 Å². The number of hydrogen-bond acceptors (Lipinski definition) is 5. The number of aromatic amines is 1. The van der Waals surface area contributed by atoms with E-state index in [0.717, 1.165) is 34.3 Å². The van der Waals surface area contributed by atoms with Crippen LogP contribution >= 0.6 is 0 Å². The molecule has 0 spiro atoms. The van der Waals surface area contributed by atoms with Crippen molar-refractivity contribution in [3.05, 3.63) is 29.5 Å². The molecule has 0 saturated carbocycles. The van der Waals surface area contributed by atoms with E-state index in [1.54, 1.807) is 12.0 Å². The molecule has 0 aliphatic carbocycles. The number of aliphatic hydroxyl groups excluding tert-OH is 2. The van der Waals surface area contributed by atoms with Crippen LogP contribution in [-0.2, 0) is 21.7 Å². The minimum Gasteiger partial charge on any atom is -0.497 e. The number of rotatable bonds is 3. The molecular formula is C18H22N2O5. The van der Waals surface area contributed by atoms with Gasteiger partial charge in [0.25, 0.3) is 0 Å². The molecule has 25 heavy (non-hydrogen) atoms. The van der Waals surface area contributed by atoms with Gasteiger partial charge in [0.1, 0.15) is 11.9 Å². The van der Waals surface area contributed by atoms with Crippen molar-refractivity contribution in [2.24, 2.45) is 0 Å². The number of aromatic nitrogens is 1. The van der Waals surface area contributed by atoms with E-state index >= 15 is 0 Å². The number of methoxy groups -OCH3 is 1. The number of nitrogens with one attached hydrogen (secondary N) is 1. The van der Waals surface area contributed by atoms with Gasteiger partial charge < -0.3 is 29.6 Å². The Morgan fingerprint density at radius 3 is 3.04 bits per heavy atom. The summed E-state index contributed by atoms with van der Waals surface area (Å²) in [4.78, 5) is 17.7. The average Bonchev–Trinajstić information content (AvgIpc) is 2.99. The highest BCUT2D eigenvalue weighted by Gasteiger charge is 2.50. The topological polar surface area (TPSA) is 95.0 Å². The summed E-state index contributed by atoms with van der Waals surface area (Å²) in [5, 5.41) is 20.3. The van der Waals surface area contributed by atoms with Crippen molar-refractivity contribution in [2.45, 2.75) is 37.7 Å². The van der Waals surface area contributed by atoms with Gasteiger partial charge in [-0.3, -0.25) is 4.79 Å². The van der Waals surface area contributed by atoms with Crippen LogP contribution in [0.25, 0.3) is 10.9 Å². The summed E-state index contributed by atoms with van der Waals surface area (Å²) in [6.07, 6.45) is -1.01. The van der Waals surface area contributed by atoms with Crippen LogP contribution in [0.5, 0.6) is 5.75 Å². The molecule has 3 heterocycles. The summed E-state index contributed by atoms with van der Waals surface area (Å²) in [6, 6.07) is 5.84. The number of ether oxygens (including phenoxy) is 2. The Hall–Kier alpha value is -2.09. The summed E-state index contributed by atoms with van der Waals surface area (Å²) in [6.45, 7) is 1.96. The van der Waals surface area contributed by atoms with Crippen molar-refractivity contribution in [3.8, 4) is 5.75 Å². The lowest BCUT2D eigenvalue weighted by atomic mass is 9.92. The number of hydrogen-bond donors (Lipinski definition) is 3. The lowest BCUT2D eigenvalue weighted by Gasteiger charge is -2.50. The molecule has 1 amide bonds. The molecule has 3 atom stereocenters. The maximum atomic E-state index is 12.6. The average molecular weight is 346 g/mol. The van der Waals surface area contributed by atoms with Gasteiger partial charge in [0.15, 0.2) is 5.72 Å². The highest BCUT2D eigenvalue weighted by Crippen LogP contribution is 2.44. The van der Waals surface area contributed by atoms with Crippen molar-refractivity contribution < 1.29 is 24.5 Å². The molecule has 2 aliphatic heterocycles. The molecule has 2 aromatic rings. The van der Waals surface area contributed by atoms with E-state index in [1.807, 2.05) is 25.1 Å². The summed E-state index contributed by atoms with van der Waals surface area (Å²) < 4.78 is 11.4. The number of fused-ring (bicyclic) bond motifs is 5. The number of amides is 1. The van der Waals surface area contributed by atoms with Gasteiger partial charge in [-0.2, -0.15) is 0 Å². The fourth-order valence-electron chi connectivity index (χ4n) is 4.03. The second-order valence-electron chi connectivity index (χ2n) is 6.78. The third-order valence-corrected chi connectivity index (χ3v) is 5.35. The monoisotopic (exact) mass is 346 g/mol. The Morgan fingerprint density at radius 2 is 2.32 bits per heavy atom. The summed E-state index contributed by atoms with van der Waals surface area (Å²) in [7, 11) is 1.62. The van der Waals surface area contributed by atoms with E-state index in [-0.39, 0.29) is 12.3 Å². The first kappa shape index (κ1) is 16.4. The molecule has 7 nitrogen and oxygen atoms in total. The number of benzene rings is 1. The Bertz CT molecular complexity index is 832. The van der Waals surface area contributed by atoms with Crippen molar-refractivity contribution in [1.82, 2.24) is 9.88 Å². The fraction of sp³-hybridized carbons (Fsp3) is 0.500. The van der Waals surface area contributed by atoms with E-state index < -0.39 is 24.5 Å². The minimum absolute atomic E-state index is 0.0701. The molecule has 1 aromatic heterocycles. The van der Waals surface area contributed by atoms with E-state index in [1.165, 1.54) is 0 Å². The summed E-state index contributed by atoms with van der Waals surface area (Å²) >= 11 is 0. The Balaban J connectivity index is 1.83. The maximum absolute atomic E-state index is 12.6. The number of H-pyrrole nitrogens is 1. The first-order valence-electron chi connectivity index (χ1n) is 8.44. The zero-order valence-corrected chi connectivity index (χ0v) is 14.3. The molecule has 0 bridgehead atoms. The van der Waals surface area contributed by atoms with Gasteiger partial charge >= 0.3 is 0 Å². The number of aliphatic hydroxyl groups is 2. The second-order valence-corrected chi connectivity index (χ2v) is 6.78. The smallest absolute Gasteiger partial charge is 0.227 e. The van der Waals surface area contributed by atoms with E-state index in [0.29, 0.717) is 6.54 Å². The van der Waals surface area contributed by atoms with Crippen molar-refractivity contribution in [1.29, 1.82) is 0 Å². The third-order valence-electron chi connectivity index (χ3n) is 5.35. The predicted molar refractivity (Wildman–Crippen MR) is 90.2 cm³/mol. The standard InChI is InChI=1S/C18H22N2O5/c1-18-17-12(11-4-3-10(24-2)7-13(11)19-17)5-6-20(18)16(23)8-15(25-18)14(22)9-21/h3-4,7,14-15,19,21-22H,5-6,8-9H2,1-2H3/t14-,15+,18-/m1/s1. The summed E-state index contributed by atoms with van der Waals surface area (Å²) in [5.41, 5.74) is 1.87. The first-order chi connectivity index (χ1) is 12.0. The Morgan fingerprint density at radius 1 is 1.52 bits per heavy atom. The lowest BCUT2D eigenvalue weighted by Crippen LogP contribution is -2.61. The Kier molecular flexibility index (Phi) is 3.75. The zero-order chi connectivity index (χ0) is 17.8. The quantitative estimate of drug-likeness (QED) is 0.767. The Labute approximate surface area is 145 Å². The fourth-order valence-corrected chi connectivity index (χ4v) is 4.03. The molecule has 2 aliphatic rings. The number of carbonyl (C=O) groups is 1. The van der Waals surface area contributed by atoms with Crippen LogP contribution in [0.4, 0.5) is 0 Å². The molecule has 134 valence electrons. The predicted octanol–water partition coefficient (Wildman–Crippen LogP) is 0.876. The molecule has 3 N–H and O–H groups in total. The van der Waals surface area contributed by atoms with E-state index in [4.69, 9.17) is 9.47 Å². The normalized spacial score (nSPS) is 27.1. The van der Waals surface area contributed by atoms with Crippen LogP contribution < -0.4 is 4.74 Å². The van der Waals surface area contributed by atoms with E-state index in [2.05, 4.69) is 4.98 Å². The van der Waals surface area contributed by atoms with Gasteiger partial charge in [0.05, 0.1) is 31.9 Å². The highest BCUT2D eigenvalue weighted by atomic mass is 16.5. The SMILES string of the molecule is COc1ccc2c3c([nH]c2c1)[C@@]1(C)O[C@H]([C@H](O)CO)CC(=O)N1CC3. The summed E-state index contributed by atoms with van der Waals surface area (Å²) in [5.74, 6) is 0.676. The largest absolute Gasteiger partial charge is 0.497 e. The minimum atomic E-state index is -1.09. The van der Waals surface area contributed by atoms with Gasteiger partial charge in [-0.15, -0.1) is 0 Å². The van der Waals surface area contributed by atoms with Crippen molar-refractivity contribution in [3.63, 3.8) is 0 Å². The molecule has 7 heteroatoms. The molecule has 4 rings (SSSR count). The van der Waals surface area contributed by atoms with Crippen LogP contribution in [0.2, 0.25) is 0 Å². The van der Waals surface area contributed by atoms with Gasteiger partial charge in [-0.1, -0.05) is 0 Å². The number of carbonyl (C=O) groups excluding carboxylic acids is 1. The maximum Gasteiger partial charge on any atom is 0.227 e. The van der Waals surface area contributed by atoms with E-state index in [9.17, 15) is 15.0 Å². The molecule has 0 unspecified atom stereocenters. The second kappa shape index (κ2) is 5.72. The molecule has 1 aromatic carbocycles. The molecule has 0 radical (unpaired) electrons. The molecular weight excluding hydrogens is 324 g/mol. The molecule has 1 fully saturated rings. The van der Waals surface area contributed by atoms with Crippen LogP contribution in [0, 0.1) is 0 Å². The van der Waals surface area contributed by atoms with Gasteiger partial charge in [-0.25, -0.2) is 0 Å². The zero-order valence-electron chi connectivity index (χ0n) is 14.3. The van der Waals surface area contributed by atoms with Gasteiger partial charge in [0, 0.05) is 23.5 Å². The van der Waals surface area contributed by atoms with Crippen molar-refractivity contribution >= 4 is 16.8 Å². The third kappa shape index (κ3) is 2.34. The van der Waals surface area contributed by atoms with Crippen LogP contribution in [0.15, 0.2) is 18.2 Å². The number of nitrogens with zero attached hydrogens (tertiary/aromatic N) is 1. The van der Waals surface area contributed by atoms with Gasteiger partial charge in [-0.05, 0) is 31.0 Å². The lowest BCUT2D eigenvalue weighted by molar-refractivity contribution is -0.241. The van der Waals surface area contributed by atoms with Crippen LogP contribution in [0.1, 0.15) is 24.6 Å². The van der Waals surface area contributed by atoms with Crippen LogP contribution in [0.3, 0.4) is 0 Å². The van der Waals surface area contributed by atoms with Gasteiger partial charge in [0.2, 0.25) is 5.91 Å². The van der Waals surface area contributed by atoms with Crippen LogP contribution in [-0.4, -0.2) is 58.5 Å². The highest BCUT2D eigenvalue weighted by molar-refractivity contribution is 5.88.